The summed E-state index contributed by atoms with van der Waals surface area (Å²) < 4.78 is 11.5. The number of carbonyl (C=O) groups excluding carboxylic acids is 1. The fraction of sp³-hybridized carbons (Fsp3) is 0.222. The molecule has 1 aliphatic heterocycles. The van der Waals surface area contributed by atoms with E-state index in [1.54, 1.807) is 6.08 Å². The Hall–Kier alpha value is -4.33. The molecule has 0 saturated carbocycles. The predicted octanol–water partition coefficient (Wildman–Crippen LogP) is 3.56. The molecule has 3 aliphatic rings. The molecule has 1 amide bonds. The molecule has 1 aromatic carbocycles. The normalized spacial score (nSPS) is 18.8. The number of H-pyrrole nitrogens is 1. The molecule has 0 saturated heterocycles. The van der Waals surface area contributed by atoms with Gasteiger partial charge in [0.05, 0.1) is 24.7 Å². The maximum absolute atomic E-state index is 12.8. The maximum Gasteiger partial charge on any atom is 0.251 e. The molecule has 5 rings (SSSR count). The third-order valence-corrected chi connectivity index (χ3v) is 5.65. The first-order valence-electron chi connectivity index (χ1n) is 11.7. The Morgan fingerprint density at radius 1 is 1.17 bits per heavy atom. The van der Waals surface area contributed by atoms with Crippen LogP contribution in [-0.4, -0.2) is 47.7 Å². The molecule has 1 atom stereocenters. The molecule has 0 spiro atoms. The van der Waals surface area contributed by atoms with Gasteiger partial charge in [-0.3, -0.25) is 14.9 Å². The highest BCUT2D eigenvalue weighted by Crippen LogP contribution is 2.21. The number of aromatic nitrogens is 2. The van der Waals surface area contributed by atoms with E-state index in [2.05, 4.69) is 20.8 Å². The molecule has 3 N–H and O–H groups in total. The summed E-state index contributed by atoms with van der Waals surface area (Å²) in [6, 6.07) is 7.64. The summed E-state index contributed by atoms with van der Waals surface area (Å²) in [6.07, 6.45) is 16.1. The van der Waals surface area contributed by atoms with Crippen LogP contribution in [0.3, 0.4) is 0 Å². The first-order chi connectivity index (χ1) is 17.2. The molecule has 2 aromatic rings. The quantitative estimate of drug-likeness (QED) is 0.514. The fourth-order valence-electron chi connectivity index (χ4n) is 4.02. The molecule has 8 nitrogen and oxygen atoms in total. The molecule has 2 bridgehead atoms. The number of amides is 1. The monoisotopic (exact) mass is 469 g/mol. The Morgan fingerprint density at radius 3 is 3.00 bits per heavy atom. The summed E-state index contributed by atoms with van der Waals surface area (Å²) >= 11 is 0. The summed E-state index contributed by atoms with van der Waals surface area (Å²) in [5.74, 6) is 1.89. The molecule has 2 aliphatic carbocycles. The van der Waals surface area contributed by atoms with Gasteiger partial charge < -0.3 is 20.1 Å². The van der Waals surface area contributed by atoms with Crippen LogP contribution >= 0.6 is 0 Å². The lowest BCUT2D eigenvalue weighted by molar-refractivity contribution is -0.117. The number of ether oxygens (including phenoxy) is 2. The van der Waals surface area contributed by atoms with E-state index in [9.17, 15) is 4.79 Å². The zero-order valence-corrected chi connectivity index (χ0v) is 19.5. The van der Waals surface area contributed by atoms with Gasteiger partial charge in [-0.05, 0) is 55.9 Å². The lowest BCUT2D eigenvalue weighted by Crippen LogP contribution is -2.30. The second-order valence-corrected chi connectivity index (χ2v) is 8.09. The van der Waals surface area contributed by atoms with E-state index in [-0.39, 0.29) is 11.9 Å². The molecule has 35 heavy (non-hydrogen) atoms. The SMILES string of the molecule is CCOC1=CCC=CC=C1OCCNC(=O)C1=CC2C=C(C=C1)NC(c1n[nH]c3ccccc13)=N2. The average Bonchev–Trinajstić information content (AvgIpc) is 3.09. The third kappa shape index (κ3) is 5.11. The highest BCUT2D eigenvalue weighted by molar-refractivity contribution is 6.09. The number of nitrogens with one attached hydrogen (secondary N) is 3. The van der Waals surface area contributed by atoms with Gasteiger partial charge in [0.15, 0.2) is 17.4 Å². The fourth-order valence-corrected chi connectivity index (χ4v) is 4.02. The highest BCUT2D eigenvalue weighted by Gasteiger charge is 2.21. The number of hydrogen-bond acceptors (Lipinski definition) is 6. The van der Waals surface area contributed by atoms with Crippen molar-refractivity contribution in [3.8, 4) is 0 Å². The molecular formula is C27H27N5O3. The summed E-state index contributed by atoms with van der Waals surface area (Å²) in [6.45, 7) is 3.20. The molecule has 8 heteroatoms. The van der Waals surface area contributed by atoms with Crippen LogP contribution in [0.2, 0.25) is 0 Å². The Bertz CT molecular complexity index is 1340. The van der Waals surface area contributed by atoms with Gasteiger partial charge >= 0.3 is 0 Å². The van der Waals surface area contributed by atoms with E-state index in [1.165, 1.54) is 0 Å². The molecule has 1 aromatic heterocycles. The average molecular weight is 470 g/mol. The van der Waals surface area contributed by atoms with Gasteiger partial charge in [-0.25, -0.2) is 0 Å². The van der Waals surface area contributed by atoms with Crippen LogP contribution in [0, 0.1) is 0 Å². The summed E-state index contributed by atoms with van der Waals surface area (Å²) in [5.41, 5.74) is 3.12. The van der Waals surface area contributed by atoms with Crippen molar-refractivity contribution in [1.29, 1.82) is 0 Å². The molecule has 2 heterocycles. The van der Waals surface area contributed by atoms with E-state index in [0.717, 1.165) is 34.5 Å². The topological polar surface area (TPSA) is 101 Å². The number of fused-ring (bicyclic) bond motifs is 2. The third-order valence-electron chi connectivity index (χ3n) is 5.65. The Balaban J connectivity index is 1.22. The number of carbonyl (C=O) groups is 1. The summed E-state index contributed by atoms with van der Waals surface area (Å²) in [7, 11) is 0. The first-order valence-corrected chi connectivity index (χ1v) is 11.7. The van der Waals surface area contributed by atoms with Crippen molar-refractivity contribution in [2.75, 3.05) is 19.8 Å². The van der Waals surface area contributed by atoms with Crippen molar-refractivity contribution in [3.63, 3.8) is 0 Å². The van der Waals surface area contributed by atoms with Crippen molar-refractivity contribution in [3.05, 3.63) is 101 Å². The summed E-state index contributed by atoms with van der Waals surface area (Å²) in [5, 5.41) is 14.7. The second kappa shape index (κ2) is 10.3. The molecule has 0 fully saturated rings. The zero-order valence-electron chi connectivity index (χ0n) is 19.5. The number of amidine groups is 1. The zero-order chi connectivity index (χ0) is 24.0. The molecule has 0 radical (unpaired) electrons. The van der Waals surface area contributed by atoms with Crippen LogP contribution in [-0.2, 0) is 14.3 Å². The van der Waals surface area contributed by atoms with Crippen LogP contribution in [0.1, 0.15) is 19.0 Å². The van der Waals surface area contributed by atoms with E-state index in [0.29, 0.717) is 36.9 Å². The maximum atomic E-state index is 12.8. The van der Waals surface area contributed by atoms with E-state index >= 15 is 0 Å². The standard InChI is InChI=1S/C27H27N5O3/c1-2-34-23-10-4-3-5-11-24(23)35-15-14-28-27(33)18-12-13-19-17-20(16-18)30-26(29-19)25-21-8-6-7-9-22(21)31-32-25/h3,5-13,16-17,20H,2,4,14-15H2,1H3,(H,28,33)(H,29,30)(H,31,32). The Kier molecular flexibility index (Phi) is 6.61. The van der Waals surface area contributed by atoms with Gasteiger partial charge in [0.25, 0.3) is 5.91 Å². The van der Waals surface area contributed by atoms with Crippen molar-refractivity contribution in [2.45, 2.75) is 19.4 Å². The number of para-hydroxylation sites is 1. The van der Waals surface area contributed by atoms with Crippen molar-refractivity contribution in [2.24, 2.45) is 4.99 Å². The largest absolute Gasteiger partial charge is 0.490 e. The molecule has 178 valence electrons. The minimum atomic E-state index is -0.273. The molecular weight excluding hydrogens is 442 g/mol. The summed E-state index contributed by atoms with van der Waals surface area (Å²) in [4.78, 5) is 17.6. The Morgan fingerprint density at radius 2 is 2.09 bits per heavy atom. The number of hydrogen-bond donors (Lipinski definition) is 3. The van der Waals surface area contributed by atoms with Gasteiger partial charge in [-0.2, -0.15) is 5.10 Å². The molecule has 1 unspecified atom stereocenters. The highest BCUT2D eigenvalue weighted by atomic mass is 16.5. The van der Waals surface area contributed by atoms with E-state index in [1.807, 2.05) is 73.7 Å². The van der Waals surface area contributed by atoms with E-state index in [4.69, 9.17) is 14.5 Å². The lowest BCUT2D eigenvalue weighted by Gasteiger charge is -2.17. The smallest absolute Gasteiger partial charge is 0.251 e. The van der Waals surface area contributed by atoms with Crippen LogP contribution in [0.4, 0.5) is 0 Å². The van der Waals surface area contributed by atoms with Crippen LogP contribution < -0.4 is 10.6 Å². The lowest BCUT2D eigenvalue weighted by atomic mass is 10.1. The van der Waals surface area contributed by atoms with Crippen molar-refractivity contribution in [1.82, 2.24) is 20.8 Å². The van der Waals surface area contributed by atoms with Crippen molar-refractivity contribution < 1.29 is 14.3 Å². The van der Waals surface area contributed by atoms with Gasteiger partial charge in [0.2, 0.25) is 0 Å². The Labute approximate surface area is 203 Å². The number of aromatic amines is 1. The minimum Gasteiger partial charge on any atom is -0.490 e. The minimum absolute atomic E-state index is 0.177. The number of aliphatic imine (C=N–C) groups is 1. The van der Waals surface area contributed by atoms with Gasteiger partial charge in [-0.15, -0.1) is 0 Å². The van der Waals surface area contributed by atoms with E-state index < -0.39 is 0 Å². The van der Waals surface area contributed by atoms with Crippen molar-refractivity contribution >= 4 is 22.6 Å². The van der Waals surface area contributed by atoms with Gasteiger partial charge in [0, 0.05) is 16.7 Å². The predicted molar refractivity (Wildman–Crippen MR) is 135 cm³/mol. The number of nitrogens with zero attached hydrogens (tertiary/aromatic N) is 2. The van der Waals surface area contributed by atoms with Crippen LogP contribution in [0.15, 0.2) is 101 Å². The van der Waals surface area contributed by atoms with Gasteiger partial charge in [-0.1, -0.05) is 30.4 Å². The number of benzene rings is 1. The van der Waals surface area contributed by atoms with Gasteiger partial charge in [0.1, 0.15) is 12.3 Å². The number of rotatable bonds is 8. The number of allylic oxidation sites excluding steroid dienone is 5. The first kappa shape index (κ1) is 22.5. The van der Waals surface area contributed by atoms with Crippen LogP contribution in [0.5, 0.6) is 0 Å². The van der Waals surface area contributed by atoms with Crippen LogP contribution in [0.25, 0.3) is 10.9 Å². The second-order valence-electron chi connectivity index (χ2n) is 8.09.